The van der Waals surface area contributed by atoms with Crippen LogP contribution in [0.2, 0.25) is 0 Å². The molecular formula is C13H7Br2NO2S2. The Kier molecular flexibility index (Phi) is 4.81. The van der Waals surface area contributed by atoms with Crippen LogP contribution in [0.4, 0.5) is 0 Å². The molecular weight excluding hydrogens is 426 g/mol. The van der Waals surface area contributed by atoms with Crippen molar-refractivity contribution in [2.45, 2.75) is 4.90 Å². The standard InChI is InChI=1S/C13H7Br2NO2S2/c14-10-1-2-12(15)13(6-10)20(17,18)11(7-16)5-9-3-4-19-8-9/h1-6,8H/b11-5-. The first-order valence-corrected chi connectivity index (χ1v) is 9.30. The fraction of sp³-hybridized carbons (Fsp3) is 0. The van der Waals surface area contributed by atoms with E-state index in [4.69, 9.17) is 5.26 Å². The van der Waals surface area contributed by atoms with E-state index in [9.17, 15) is 8.42 Å². The summed E-state index contributed by atoms with van der Waals surface area (Å²) >= 11 is 7.88. The molecule has 2 rings (SSSR count). The molecule has 102 valence electrons. The topological polar surface area (TPSA) is 57.9 Å². The molecule has 0 aliphatic carbocycles. The van der Waals surface area contributed by atoms with Crippen molar-refractivity contribution in [1.29, 1.82) is 5.26 Å². The van der Waals surface area contributed by atoms with Crippen LogP contribution in [0.1, 0.15) is 5.56 Å². The summed E-state index contributed by atoms with van der Waals surface area (Å²) in [5.41, 5.74) is 0.696. The Morgan fingerprint density at radius 1 is 1.30 bits per heavy atom. The first-order valence-electron chi connectivity index (χ1n) is 5.29. The zero-order valence-electron chi connectivity index (χ0n) is 9.88. The number of hydrogen-bond donors (Lipinski definition) is 0. The van der Waals surface area contributed by atoms with Crippen molar-refractivity contribution >= 4 is 59.1 Å². The molecule has 0 spiro atoms. The van der Waals surface area contributed by atoms with E-state index in [1.165, 1.54) is 23.5 Å². The molecule has 0 aliphatic heterocycles. The Bertz CT molecular complexity index is 803. The average molecular weight is 433 g/mol. The van der Waals surface area contributed by atoms with Crippen molar-refractivity contribution < 1.29 is 8.42 Å². The summed E-state index contributed by atoms with van der Waals surface area (Å²) in [5.74, 6) is 0. The minimum Gasteiger partial charge on any atom is -0.218 e. The lowest BCUT2D eigenvalue weighted by atomic mass is 10.3. The molecule has 0 unspecified atom stereocenters. The van der Waals surface area contributed by atoms with Crippen LogP contribution in [0.3, 0.4) is 0 Å². The largest absolute Gasteiger partial charge is 0.218 e. The molecule has 3 nitrogen and oxygen atoms in total. The van der Waals surface area contributed by atoms with E-state index in [1.807, 2.05) is 5.38 Å². The van der Waals surface area contributed by atoms with E-state index in [1.54, 1.807) is 29.6 Å². The monoisotopic (exact) mass is 431 g/mol. The highest BCUT2D eigenvalue weighted by molar-refractivity contribution is 9.11. The van der Waals surface area contributed by atoms with Gasteiger partial charge in [0, 0.05) is 8.95 Å². The van der Waals surface area contributed by atoms with E-state index in [0.717, 1.165) is 0 Å². The lowest BCUT2D eigenvalue weighted by Gasteiger charge is -2.06. The average Bonchev–Trinajstić information content (AvgIpc) is 2.91. The van der Waals surface area contributed by atoms with Crippen molar-refractivity contribution in [1.82, 2.24) is 0 Å². The van der Waals surface area contributed by atoms with E-state index in [0.29, 0.717) is 14.5 Å². The minimum absolute atomic E-state index is 0.0647. The maximum atomic E-state index is 12.5. The van der Waals surface area contributed by atoms with Gasteiger partial charge in [0.05, 0.1) is 4.90 Å². The Morgan fingerprint density at radius 3 is 2.65 bits per heavy atom. The zero-order chi connectivity index (χ0) is 14.8. The number of allylic oxidation sites excluding steroid dienone is 1. The second-order valence-electron chi connectivity index (χ2n) is 3.76. The molecule has 0 radical (unpaired) electrons. The molecule has 0 aliphatic rings. The smallest absolute Gasteiger partial charge is 0.217 e. The predicted molar refractivity (Wildman–Crippen MR) is 86.9 cm³/mol. The highest BCUT2D eigenvalue weighted by atomic mass is 79.9. The molecule has 0 atom stereocenters. The second-order valence-corrected chi connectivity index (χ2v) is 8.19. The van der Waals surface area contributed by atoms with Crippen LogP contribution in [-0.4, -0.2) is 8.42 Å². The van der Waals surface area contributed by atoms with E-state index in [-0.39, 0.29) is 9.80 Å². The van der Waals surface area contributed by atoms with Gasteiger partial charge in [0.2, 0.25) is 9.84 Å². The maximum Gasteiger partial charge on any atom is 0.217 e. The first-order chi connectivity index (χ1) is 9.45. The molecule has 0 saturated carbocycles. The predicted octanol–water partition coefficient (Wildman–Crippen LogP) is 4.61. The molecule has 1 heterocycles. The highest BCUT2D eigenvalue weighted by Crippen LogP contribution is 2.30. The number of halogens is 2. The van der Waals surface area contributed by atoms with Gasteiger partial charge in [-0.05, 0) is 62.6 Å². The quantitative estimate of drug-likeness (QED) is 0.665. The number of hydrogen-bond acceptors (Lipinski definition) is 4. The number of thiophene rings is 1. The number of nitrogens with zero attached hydrogens (tertiary/aromatic N) is 1. The van der Waals surface area contributed by atoms with Gasteiger partial charge in [0.25, 0.3) is 0 Å². The fourth-order valence-corrected chi connectivity index (χ4v) is 4.75. The van der Waals surface area contributed by atoms with Crippen LogP contribution in [0, 0.1) is 11.3 Å². The van der Waals surface area contributed by atoms with E-state index < -0.39 is 9.84 Å². The lowest BCUT2D eigenvalue weighted by Crippen LogP contribution is -2.04. The van der Waals surface area contributed by atoms with Gasteiger partial charge in [-0.3, -0.25) is 0 Å². The fourth-order valence-electron chi connectivity index (χ4n) is 1.48. The molecule has 0 fully saturated rings. The third-order valence-electron chi connectivity index (χ3n) is 2.42. The maximum absolute atomic E-state index is 12.5. The summed E-state index contributed by atoms with van der Waals surface area (Å²) in [7, 11) is -3.85. The van der Waals surface area contributed by atoms with Crippen molar-refractivity contribution in [2.24, 2.45) is 0 Å². The van der Waals surface area contributed by atoms with Gasteiger partial charge in [0.15, 0.2) is 0 Å². The summed E-state index contributed by atoms with van der Waals surface area (Å²) in [4.78, 5) is -0.218. The van der Waals surface area contributed by atoms with Gasteiger partial charge in [-0.2, -0.15) is 16.6 Å². The van der Waals surface area contributed by atoms with Crippen LogP contribution >= 0.6 is 43.2 Å². The highest BCUT2D eigenvalue weighted by Gasteiger charge is 2.23. The summed E-state index contributed by atoms with van der Waals surface area (Å²) in [6.07, 6.45) is 1.37. The third kappa shape index (κ3) is 3.20. The van der Waals surface area contributed by atoms with Crippen molar-refractivity contribution in [2.75, 3.05) is 0 Å². The van der Waals surface area contributed by atoms with E-state index in [2.05, 4.69) is 31.9 Å². The van der Waals surface area contributed by atoms with Gasteiger partial charge in [-0.25, -0.2) is 8.42 Å². The molecule has 0 amide bonds. The van der Waals surface area contributed by atoms with Crippen LogP contribution in [0.25, 0.3) is 6.08 Å². The minimum atomic E-state index is -3.85. The van der Waals surface area contributed by atoms with Crippen molar-refractivity contribution in [3.63, 3.8) is 0 Å². The van der Waals surface area contributed by atoms with Crippen LogP contribution < -0.4 is 0 Å². The normalized spacial score (nSPS) is 12.2. The first kappa shape index (κ1) is 15.4. The SMILES string of the molecule is N#C/C(=C/c1ccsc1)S(=O)(=O)c1cc(Br)ccc1Br. The van der Waals surface area contributed by atoms with Crippen LogP contribution in [0.15, 0.2) is 53.8 Å². The third-order valence-corrected chi connectivity index (χ3v) is 6.28. The molecule has 0 bridgehead atoms. The Hall–Kier alpha value is -0.940. The molecule has 7 heteroatoms. The molecule has 20 heavy (non-hydrogen) atoms. The lowest BCUT2D eigenvalue weighted by molar-refractivity contribution is 0.603. The molecule has 1 aromatic heterocycles. The number of benzene rings is 1. The zero-order valence-corrected chi connectivity index (χ0v) is 14.7. The number of sulfone groups is 1. The van der Waals surface area contributed by atoms with E-state index >= 15 is 0 Å². The van der Waals surface area contributed by atoms with Crippen molar-refractivity contribution in [3.8, 4) is 6.07 Å². The number of nitriles is 1. The summed E-state index contributed by atoms with van der Waals surface area (Å²) in [6, 6.07) is 8.34. The summed E-state index contributed by atoms with van der Waals surface area (Å²) < 4.78 is 26.1. The summed E-state index contributed by atoms with van der Waals surface area (Å²) in [5, 5.41) is 12.8. The molecule has 1 aromatic carbocycles. The number of rotatable bonds is 3. The second kappa shape index (κ2) is 6.22. The van der Waals surface area contributed by atoms with Gasteiger partial charge in [-0.15, -0.1) is 0 Å². The van der Waals surface area contributed by atoms with Crippen LogP contribution in [-0.2, 0) is 9.84 Å². The van der Waals surface area contributed by atoms with Crippen molar-refractivity contribution in [3.05, 3.63) is 54.4 Å². The van der Waals surface area contributed by atoms with Gasteiger partial charge in [0.1, 0.15) is 11.0 Å². The molecule has 2 aromatic rings. The van der Waals surface area contributed by atoms with Gasteiger partial charge >= 0.3 is 0 Å². The molecule has 0 N–H and O–H groups in total. The van der Waals surface area contributed by atoms with Crippen LogP contribution in [0.5, 0.6) is 0 Å². The Balaban J connectivity index is 2.59. The van der Waals surface area contributed by atoms with Gasteiger partial charge < -0.3 is 0 Å². The Morgan fingerprint density at radius 2 is 2.05 bits per heavy atom. The summed E-state index contributed by atoms with van der Waals surface area (Å²) in [6.45, 7) is 0. The Labute approximate surface area is 137 Å². The molecule has 0 saturated heterocycles. The van der Waals surface area contributed by atoms with Gasteiger partial charge in [-0.1, -0.05) is 15.9 Å².